The average molecular weight is 609 g/mol. The second-order valence-electron chi connectivity index (χ2n) is 11.1. The minimum atomic E-state index is -2.89. The molecule has 0 saturated carbocycles. The third-order valence-corrected chi connectivity index (χ3v) is 8.19. The summed E-state index contributed by atoms with van der Waals surface area (Å²) in [6, 6.07) is 30.4. The van der Waals surface area contributed by atoms with E-state index in [0.29, 0.717) is 42.0 Å². The van der Waals surface area contributed by atoms with Gasteiger partial charge in [0, 0.05) is 61.6 Å². The second kappa shape index (κ2) is 14.3. The molecule has 0 bridgehead atoms. The van der Waals surface area contributed by atoms with Crippen LogP contribution in [0.1, 0.15) is 40.9 Å². The Morgan fingerprint density at radius 2 is 1.51 bits per heavy atom. The Labute approximate surface area is 263 Å². The van der Waals surface area contributed by atoms with Crippen molar-refractivity contribution in [2.45, 2.75) is 25.3 Å². The summed E-state index contributed by atoms with van der Waals surface area (Å²) in [6.45, 7) is 8.51. The SMILES string of the molecule is C=CCNC(=O)C(c1ccccc1)N1CCN(c2ccc(NC(=O)c3ccccc3-c3ccc(C(F)(F)CC)cc3)cc2)CC1. The standard InChI is InChI=1S/C37H38F2N4O2/c1-3-22-40-36(45)34(28-10-6-5-7-11-28)43-25-23-42(24-26-43)31-20-18-30(19-21-31)41-35(44)33-13-9-8-12-32(33)27-14-16-29(17-15-27)37(38,39)4-2/h3,5-21,34H,1,4,22-26H2,2H3,(H,40,45)(H,41,44). The van der Waals surface area contributed by atoms with Gasteiger partial charge in [0.15, 0.2) is 0 Å². The average Bonchev–Trinajstić information content (AvgIpc) is 3.08. The van der Waals surface area contributed by atoms with Crippen LogP contribution in [0, 0.1) is 0 Å². The van der Waals surface area contributed by atoms with Crippen LogP contribution in [0.25, 0.3) is 11.1 Å². The number of hydrogen-bond acceptors (Lipinski definition) is 4. The number of nitrogens with one attached hydrogen (secondary N) is 2. The Balaban J connectivity index is 1.23. The van der Waals surface area contributed by atoms with E-state index >= 15 is 0 Å². The van der Waals surface area contributed by atoms with Crippen LogP contribution in [0.2, 0.25) is 0 Å². The van der Waals surface area contributed by atoms with Gasteiger partial charge in [0.1, 0.15) is 6.04 Å². The van der Waals surface area contributed by atoms with Crippen molar-refractivity contribution in [3.63, 3.8) is 0 Å². The normalized spacial score (nSPS) is 14.4. The number of halogens is 2. The van der Waals surface area contributed by atoms with Crippen molar-refractivity contribution in [2.75, 3.05) is 42.9 Å². The first-order chi connectivity index (χ1) is 21.8. The summed E-state index contributed by atoms with van der Waals surface area (Å²) in [5.74, 6) is -3.20. The molecule has 1 unspecified atom stereocenters. The van der Waals surface area contributed by atoms with Crippen molar-refractivity contribution in [3.8, 4) is 11.1 Å². The van der Waals surface area contributed by atoms with E-state index in [1.165, 1.54) is 19.1 Å². The fourth-order valence-corrected chi connectivity index (χ4v) is 5.66. The number of amides is 2. The molecule has 0 aromatic heterocycles. The highest BCUT2D eigenvalue weighted by atomic mass is 19.3. The number of nitrogens with zero attached hydrogens (tertiary/aromatic N) is 2. The minimum absolute atomic E-state index is 0.0359. The van der Waals surface area contributed by atoms with Crippen LogP contribution in [0.5, 0.6) is 0 Å². The van der Waals surface area contributed by atoms with E-state index in [9.17, 15) is 18.4 Å². The fraction of sp³-hybridized carbons (Fsp3) is 0.243. The Bertz CT molecular complexity index is 1600. The lowest BCUT2D eigenvalue weighted by molar-refractivity contribution is -0.126. The maximum atomic E-state index is 14.1. The molecule has 0 radical (unpaired) electrons. The molecule has 4 aromatic carbocycles. The number of rotatable bonds is 11. The van der Waals surface area contributed by atoms with E-state index in [4.69, 9.17) is 0 Å². The highest BCUT2D eigenvalue weighted by molar-refractivity contribution is 6.08. The summed E-state index contributed by atoms with van der Waals surface area (Å²) < 4.78 is 28.2. The quantitative estimate of drug-likeness (QED) is 0.176. The smallest absolute Gasteiger partial charge is 0.273 e. The number of carbonyl (C=O) groups is 2. The van der Waals surface area contributed by atoms with Crippen LogP contribution in [0.3, 0.4) is 0 Å². The van der Waals surface area contributed by atoms with Crippen molar-refractivity contribution in [1.82, 2.24) is 10.2 Å². The maximum Gasteiger partial charge on any atom is 0.273 e. The van der Waals surface area contributed by atoms with Crippen LogP contribution < -0.4 is 15.5 Å². The topological polar surface area (TPSA) is 64.7 Å². The molecule has 6 nitrogen and oxygen atoms in total. The molecule has 1 aliphatic heterocycles. The Kier molecular flexibility index (Phi) is 10.0. The Hall–Kier alpha value is -4.82. The molecule has 1 heterocycles. The Morgan fingerprint density at radius 3 is 2.16 bits per heavy atom. The highest BCUT2D eigenvalue weighted by Gasteiger charge is 2.31. The summed E-state index contributed by atoms with van der Waals surface area (Å²) in [4.78, 5) is 30.9. The molecule has 2 N–H and O–H groups in total. The molecule has 2 amide bonds. The molecule has 0 aliphatic carbocycles. The van der Waals surface area contributed by atoms with Gasteiger partial charge in [-0.1, -0.05) is 85.8 Å². The molecule has 1 fully saturated rings. The van der Waals surface area contributed by atoms with Gasteiger partial charge in [0.05, 0.1) is 0 Å². The zero-order valence-corrected chi connectivity index (χ0v) is 25.4. The highest BCUT2D eigenvalue weighted by Crippen LogP contribution is 2.33. The van der Waals surface area contributed by atoms with E-state index < -0.39 is 5.92 Å². The molecular weight excluding hydrogens is 570 g/mol. The molecule has 8 heteroatoms. The summed E-state index contributed by atoms with van der Waals surface area (Å²) >= 11 is 0. The van der Waals surface area contributed by atoms with Crippen LogP contribution in [-0.4, -0.2) is 49.4 Å². The summed E-state index contributed by atoms with van der Waals surface area (Å²) in [5, 5.41) is 5.93. The number of anilines is 2. The van der Waals surface area contributed by atoms with E-state index in [0.717, 1.165) is 24.3 Å². The van der Waals surface area contributed by atoms with E-state index in [2.05, 4.69) is 27.0 Å². The third kappa shape index (κ3) is 7.46. The molecule has 232 valence electrons. The Morgan fingerprint density at radius 1 is 0.867 bits per heavy atom. The van der Waals surface area contributed by atoms with Gasteiger partial charge in [0.25, 0.3) is 11.8 Å². The minimum Gasteiger partial charge on any atom is -0.369 e. The predicted octanol–water partition coefficient (Wildman–Crippen LogP) is 7.27. The molecule has 5 rings (SSSR count). The molecule has 1 saturated heterocycles. The summed E-state index contributed by atoms with van der Waals surface area (Å²) in [7, 11) is 0. The van der Waals surface area contributed by atoms with Crippen LogP contribution in [0.4, 0.5) is 20.2 Å². The lowest BCUT2D eigenvalue weighted by Crippen LogP contribution is -2.51. The van der Waals surface area contributed by atoms with E-state index in [1.54, 1.807) is 30.3 Å². The molecule has 0 spiro atoms. The van der Waals surface area contributed by atoms with E-state index in [-0.39, 0.29) is 29.8 Å². The first-order valence-electron chi connectivity index (χ1n) is 15.2. The van der Waals surface area contributed by atoms with Crippen LogP contribution >= 0.6 is 0 Å². The molecule has 4 aromatic rings. The third-order valence-electron chi connectivity index (χ3n) is 8.19. The van der Waals surface area contributed by atoms with E-state index in [1.807, 2.05) is 66.7 Å². The number of alkyl halides is 2. The van der Waals surface area contributed by atoms with Crippen LogP contribution in [0.15, 0.2) is 116 Å². The van der Waals surface area contributed by atoms with Crippen molar-refractivity contribution in [3.05, 3.63) is 132 Å². The maximum absolute atomic E-state index is 14.1. The van der Waals surface area contributed by atoms with Gasteiger partial charge in [-0.2, -0.15) is 0 Å². The first-order valence-corrected chi connectivity index (χ1v) is 15.2. The number of carbonyl (C=O) groups excluding carboxylic acids is 2. The van der Waals surface area contributed by atoms with Crippen molar-refractivity contribution in [2.24, 2.45) is 0 Å². The largest absolute Gasteiger partial charge is 0.369 e. The molecule has 1 atom stereocenters. The number of benzene rings is 4. The van der Waals surface area contributed by atoms with Gasteiger partial charge < -0.3 is 15.5 Å². The van der Waals surface area contributed by atoms with Gasteiger partial charge in [-0.3, -0.25) is 14.5 Å². The zero-order valence-electron chi connectivity index (χ0n) is 25.4. The zero-order chi connectivity index (χ0) is 31.8. The van der Waals surface area contributed by atoms with Gasteiger partial charge in [0.2, 0.25) is 5.91 Å². The monoisotopic (exact) mass is 608 g/mol. The first kappa shape index (κ1) is 31.6. The second-order valence-corrected chi connectivity index (χ2v) is 11.1. The summed E-state index contributed by atoms with van der Waals surface area (Å²) in [6.07, 6.45) is 1.41. The van der Waals surface area contributed by atoms with Crippen molar-refractivity contribution >= 4 is 23.2 Å². The van der Waals surface area contributed by atoms with Crippen LogP contribution in [-0.2, 0) is 10.7 Å². The van der Waals surface area contributed by atoms with Gasteiger partial charge in [-0.25, -0.2) is 8.78 Å². The van der Waals surface area contributed by atoms with Gasteiger partial charge >= 0.3 is 0 Å². The lowest BCUT2D eigenvalue weighted by atomic mass is 9.96. The molecule has 1 aliphatic rings. The predicted molar refractivity (Wildman–Crippen MR) is 177 cm³/mol. The lowest BCUT2D eigenvalue weighted by Gasteiger charge is -2.39. The van der Waals surface area contributed by atoms with Gasteiger partial charge in [-0.15, -0.1) is 6.58 Å². The number of hydrogen-bond donors (Lipinski definition) is 2. The van der Waals surface area contributed by atoms with Gasteiger partial charge in [-0.05, 0) is 47.0 Å². The summed E-state index contributed by atoms with van der Waals surface area (Å²) in [5.41, 5.74) is 4.42. The van der Waals surface area contributed by atoms with Crippen molar-refractivity contribution < 1.29 is 18.4 Å². The molecular formula is C37H38F2N4O2. The molecule has 45 heavy (non-hydrogen) atoms. The fourth-order valence-electron chi connectivity index (χ4n) is 5.66. The number of piperazine rings is 1. The van der Waals surface area contributed by atoms with Crippen molar-refractivity contribution in [1.29, 1.82) is 0 Å².